The first-order valence-electron chi connectivity index (χ1n) is 8.65. The molecule has 1 aliphatic heterocycles. The predicted octanol–water partition coefficient (Wildman–Crippen LogP) is 3.71. The monoisotopic (exact) mass is 376 g/mol. The highest BCUT2D eigenvalue weighted by Crippen LogP contribution is 2.36. The molecule has 1 atom stereocenters. The summed E-state index contributed by atoms with van der Waals surface area (Å²) in [7, 11) is 3.30. The van der Waals surface area contributed by atoms with Crippen molar-refractivity contribution in [2.75, 3.05) is 40.1 Å². The topological polar surface area (TPSA) is 33.7 Å². The van der Waals surface area contributed by atoms with E-state index in [-0.39, 0.29) is 11.9 Å². The summed E-state index contributed by atoms with van der Waals surface area (Å²) in [6, 6.07) is 11.1. The Morgan fingerprint density at radius 2 is 1.96 bits per heavy atom. The van der Waals surface area contributed by atoms with Crippen molar-refractivity contribution >= 4 is 11.8 Å². The molecule has 6 heteroatoms. The van der Waals surface area contributed by atoms with E-state index in [1.165, 1.54) is 16.5 Å². The average Bonchev–Trinajstić information content (AvgIpc) is 2.68. The number of methoxy groups -OCH3 is 2. The van der Waals surface area contributed by atoms with Crippen LogP contribution in [0.4, 0.5) is 4.39 Å². The molecule has 0 bridgehead atoms. The largest absolute Gasteiger partial charge is 0.493 e. The van der Waals surface area contributed by atoms with E-state index in [0.717, 1.165) is 43.2 Å². The molecular formula is C20H25FN2O2S. The number of hydrogen-bond acceptors (Lipinski definition) is 5. The molecule has 0 aliphatic carbocycles. The summed E-state index contributed by atoms with van der Waals surface area (Å²) in [6.45, 7) is 3.42. The minimum atomic E-state index is -0.191. The second-order valence-corrected chi connectivity index (χ2v) is 7.11. The zero-order valence-electron chi connectivity index (χ0n) is 15.4. The molecule has 2 aromatic carbocycles. The average molecular weight is 376 g/mol. The predicted molar refractivity (Wildman–Crippen MR) is 104 cm³/mol. The van der Waals surface area contributed by atoms with Crippen molar-refractivity contribution in [3.05, 3.63) is 53.3 Å². The van der Waals surface area contributed by atoms with E-state index in [2.05, 4.69) is 22.5 Å². The third kappa shape index (κ3) is 4.14. The van der Waals surface area contributed by atoms with Gasteiger partial charge in [0, 0.05) is 37.1 Å². The van der Waals surface area contributed by atoms with Crippen molar-refractivity contribution in [2.45, 2.75) is 17.5 Å². The Hall–Kier alpha value is -1.76. The number of nitrogens with zero attached hydrogens (tertiary/aromatic N) is 1. The minimum absolute atomic E-state index is 0.141. The molecule has 1 heterocycles. The Labute approximate surface area is 158 Å². The van der Waals surface area contributed by atoms with E-state index in [4.69, 9.17) is 9.47 Å². The van der Waals surface area contributed by atoms with Crippen LogP contribution in [0.15, 0.2) is 41.3 Å². The molecule has 0 spiro atoms. The Balaban J connectivity index is 1.90. The van der Waals surface area contributed by atoms with Gasteiger partial charge in [0.25, 0.3) is 0 Å². The number of ether oxygens (including phenoxy) is 2. The van der Waals surface area contributed by atoms with Gasteiger partial charge in [-0.1, -0.05) is 12.1 Å². The fourth-order valence-electron chi connectivity index (χ4n) is 3.41. The first-order valence-corrected chi connectivity index (χ1v) is 9.88. The van der Waals surface area contributed by atoms with E-state index < -0.39 is 0 Å². The zero-order chi connectivity index (χ0) is 18.5. The van der Waals surface area contributed by atoms with Gasteiger partial charge in [0.2, 0.25) is 0 Å². The number of rotatable bonds is 6. The number of hydrogen-bond donors (Lipinski definition) is 1. The van der Waals surface area contributed by atoms with Gasteiger partial charge in [0.15, 0.2) is 11.5 Å². The van der Waals surface area contributed by atoms with E-state index >= 15 is 0 Å². The Bertz CT molecular complexity index is 757. The van der Waals surface area contributed by atoms with Crippen LogP contribution in [0, 0.1) is 5.82 Å². The van der Waals surface area contributed by atoms with E-state index in [9.17, 15) is 4.39 Å². The first-order chi connectivity index (χ1) is 12.7. The lowest BCUT2D eigenvalue weighted by Crippen LogP contribution is -2.45. The van der Waals surface area contributed by atoms with E-state index in [0.29, 0.717) is 0 Å². The SMILES string of the molecule is COc1cc(CN2CCNCC2c2cccc(F)c2)c(SC)cc1OC. The van der Waals surface area contributed by atoms with Crippen LogP contribution in [0.5, 0.6) is 11.5 Å². The summed E-state index contributed by atoms with van der Waals surface area (Å²) in [5.41, 5.74) is 2.20. The zero-order valence-corrected chi connectivity index (χ0v) is 16.2. The quantitative estimate of drug-likeness (QED) is 0.778. The lowest BCUT2D eigenvalue weighted by atomic mass is 10.0. The van der Waals surface area contributed by atoms with Crippen LogP contribution < -0.4 is 14.8 Å². The van der Waals surface area contributed by atoms with Crippen LogP contribution in [-0.4, -0.2) is 45.0 Å². The molecule has 1 N–H and O–H groups in total. The first kappa shape index (κ1) is 19.0. The van der Waals surface area contributed by atoms with Crippen molar-refractivity contribution in [1.82, 2.24) is 10.2 Å². The fraction of sp³-hybridized carbons (Fsp3) is 0.400. The number of thioether (sulfide) groups is 1. The molecule has 1 aliphatic rings. The maximum absolute atomic E-state index is 13.7. The number of benzene rings is 2. The smallest absolute Gasteiger partial charge is 0.161 e. The molecule has 1 saturated heterocycles. The maximum Gasteiger partial charge on any atom is 0.161 e. The minimum Gasteiger partial charge on any atom is -0.493 e. The molecule has 0 saturated carbocycles. The summed E-state index contributed by atoms with van der Waals surface area (Å²) in [6.07, 6.45) is 2.06. The number of nitrogens with one attached hydrogen (secondary N) is 1. The van der Waals surface area contributed by atoms with E-state index in [1.807, 2.05) is 12.1 Å². The third-order valence-electron chi connectivity index (χ3n) is 4.75. The standard InChI is InChI=1S/C20H25FN2O2S/c1-24-18-10-15(20(26-3)11-19(18)25-2)13-23-8-7-22-12-17(23)14-5-4-6-16(21)9-14/h4-6,9-11,17,22H,7-8,12-13H2,1-3H3. The molecule has 0 amide bonds. The van der Waals surface area contributed by atoms with Crippen molar-refractivity contribution in [3.63, 3.8) is 0 Å². The highest BCUT2D eigenvalue weighted by atomic mass is 32.2. The molecule has 0 aromatic heterocycles. The van der Waals surface area contributed by atoms with E-state index in [1.54, 1.807) is 38.1 Å². The third-order valence-corrected chi connectivity index (χ3v) is 5.57. The van der Waals surface area contributed by atoms with Crippen LogP contribution in [0.2, 0.25) is 0 Å². The van der Waals surface area contributed by atoms with Gasteiger partial charge in [-0.15, -0.1) is 11.8 Å². The Morgan fingerprint density at radius 1 is 1.19 bits per heavy atom. The van der Waals surface area contributed by atoms with Gasteiger partial charge < -0.3 is 14.8 Å². The summed E-state index contributed by atoms with van der Waals surface area (Å²) in [5, 5.41) is 3.42. The molecule has 26 heavy (non-hydrogen) atoms. The van der Waals surface area contributed by atoms with Gasteiger partial charge in [-0.05, 0) is 41.6 Å². The van der Waals surface area contributed by atoms with Crippen LogP contribution in [0.1, 0.15) is 17.2 Å². The molecule has 2 aromatic rings. The van der Waals surface area contributed by atoms with Crippen LogP contribution in [-0.2, 0) is 6.54 Å². The molecule has 140 valence electrons. The summed E-state index contributed by atoms with van der Waals surface area (Å²) < 4.78 is 24.6. The highest BCUT2D eigenvalue weighted by molar-refractivity contribution is 7.98. The highest BCUT2D eigenvalue weighted by Gasteiger charge is 2.25. The lowest BCUT2D eigenvalue weighted by molar-refractivity contribution is 0.152. The summed E-state index contributed by atoms with van der Waals surface area (Å²) in [4.78, 5) is 3.56. The van der Waals surface area contributed by atoms with Crippen LogP contribution in [0.3, 0.4) is 0 Å². The summed E-state index contributed by atoms with van der Waals surface area (Å²) >= 11 is 1.69. The molecule has 1 fully saturated rings. The van der Waals surface area contributed by atoms with Gasteiger partial charge in [-0.25, -0.2) is 4.39 Å². The molecular weight excluding hydrogens is 351 g/mol. The number of halogens is 1. The van der Waals surface area contributed by atoms with Gasteiger partial charge in [0.1, 0.15) is 5.82 Å². The van der Waals surface area contributed by atoms with Crippen molar-refractivity contribution in [1.29, 1.82) is 0 Å². The van der Waals surface area contributed by atoms with Gasteiger partial charge >= 0.3 is 0 Å². The van der Waals surface area contributed by atoms with Crippen LogP contribution in [0.25, 0.3) is 0 Å². The van der Waals surface area contributed by atoms with Crippen molar-refractivity contribution < 1.29 is 13.9 Å². The van der Waals surface area contributed by atoms with Gasteiger partial charge in [-0.2, -0.15) is 0 Å². The fourth-order valence-corrected chi connectivity index (χ4v) is 4.02. The van der Waals surface area contributed by atoms with Crippen molar-refractivity contribution in [2.24, 2.45) is 0 Å². The Morgan fingerprint density at radius 3 is 2.65 bits per heavy atom. The second-order valence-electron chi connectivity index (χ2n) is 6.26. The molecule has 0 radical (unpaired) electrons. The molecule has 3 rings (SSSR count). The number of piperazine rings is 1. The normalized spacial score (nSPS) is 17.9. The van der Waals surface area contributed by atoms with Gasteiger partial charge in [0.05, 0.1) is 14.2 Å². The van der Waals surface area contributed by atoms with Gasteiger partial charge in [-0.3, -0.25) is 4.90 Å². The molecule has 4 nitrogen and oxygen atoms in total. The molecule has 1 unspecified atom stereocenters. The lowest BCUT2D eigenvalue weighted by Gasteiger charge is -2.37. The summed E-state index contributed by atoms with van der Waals surface area (Å²) in [5.74, 6) is 1.28. The maximum atomic E-state index is 13.7. The van der Waals surface area contributed by atoms with Crippen LogP contribution >= 0.6 is 11.8 Å². The Kier molecular flexibility index (Phi) is 6.40. The van der Waals surface area contributed by atoms with Crippen molar-refractivity contribution in [3.8, 4) is 11.5 Å². The second kappa shape index (κ2) is 8.75.